The van der Waals surface area contributed by atoms with Gasteiger partial charge in [-0.25, -0.2) is 0 Å². The van der Waals surface area contributed by atoms with E-state index in [0.717, 1.165) is 28.7 Å². The molecule has 5 nitrogen and oxygen atoms in total. The van der Waals surface area contributed by atoms with Crippen LogP contribution in [0.1, 0.15) is 37.0 Å². The second-order valence-corrected chi connectivity index (χ2v) is 9.14. The van der Waals surface area contributed by atoms with Crippen molar-refractivity contribution in [2.24, 2.45) is 11.8 Å². The molecule has 0 bridgehead atoms. The molecule has 4 atom stereocenters. The molecule has 0 saturated carbocycles. The Morgan fingerprint density at radius 3 is 1.83 bits per heavy atom. The molecule has 3 aromatic rings. The first-order valence-electron chi connectivity index (χ1n) is 12.6. The molecule has 3 aromatic carbocycles. The SMILES string of the molecule is COc1ccc(COCC[C@H](OCc2ccccc2)[C@H](C)[C@@H](OCc2ccccc2)[C@@H](C)C=O)cc1. The largest absolute Gasteiger partial charge is 0.497 e. The number of methoxy groups -OCH3 is 1. The van der Waals surface area contributed by atoms with E-state index in [1.165, 1.54) is 0 Å². The van der Waals surface area contributed by atoms with Gasteiger partial charge in [0, 0.05) is 18.4 Å². The smallest absolute Gasteiger partial charge is 0.125 e. The first kappa shape index (κ1) is 27.6. The first-order valence-corrected chi connectivity index (χ1v) is 12.6. The zero-order valence-corrected chi connectivity index (χ0v) is 21.5. The molecule has 0 N–H and O–H groups in total. The van der Waals surface area contributed by atoms with Crippen LogP contribution in [0.4, 0.5) is 0 Å². The third-order valence-corrected chi connectivity index (χ3v) is 6.40. The quantitative estimate of drug-likeness (QED) is 0.176. The van der Waals surface area contributed by atoms with Crippen LogP contribution in [0.25, 0.3) is 0 Å². The van der Waals surface area contributed by atoms with E-state index in [0.29, 0.717) is 32.8 Å². The first-order chi connectivity index (χ1) is 17.6. The van der Waals surface area contributed by atoms with Crippen molar-refractivity contribution in [2.75, 3.05) is 13.7 Å². The van der Waals surface area contributed by atoms with Gasteiger partial charge in [0.1, 0.15) is 12.0 Å². The van der Waals surface area contributed by atoms with Gasteiger partial charge in [-0.15, -0.1) is 0 Å². The van der Waals surface area contributed by atoms with E-state index in [2.05, 4.69) is 19.1 Å². The van der Waals surface area contributed by atoms with Crippen LogP contribution in [-0.4, -0.2) is 32.2 Å². The molecule has 0 aliphatic heterocycles. The van der Waals surface area contributed by atoms with Crippen LogP contribution in [0.2, 0.25) is 0 Å². The summed E-state index contributed by atoms with van der Waals surface area (Å²) < 4.78 is 23.9. The molecule has 0 fully saturated rings. The van der Waals surface area contributed by atoms with Crippen LogP contribution < -0.4 is 4.74 Å². The third kappa shape index (κ3) is 8.90. The molecule has 0 aliphatic rings. The van der Waals surface area contributed by atoms with Gasteiger partial charge in [-0.1, -0.05) is 86.6 Å². The molecular weight excluding hydrogens is 452 g/mol. The lowest BCUT2D eigenvalue weighted by atomic mass is 9.88. The number of rotatable bonds is 16. The lowest BCUT2D eigenvalue weighted by molar-refractivity contribution is -0.125. The van der Waals surface area contributed by atoms with E-state index >= 15 is 0 Å². The Bertz CT molecular complexity index is 990. The van der Waals surface area contributed by atoms with E-state index in [1.807, 2.05) is 79.7 Å². The Kier molecular flexibility index (Phi) is 11.6. The second kappa shape index (κ2) is 15.2. The van der Waals surface area contributed by atoms with Gasteiger partial charge in [0.25, 0.3) is 0 Å². The fourth-order valence-electron chi connectivity index (χ4n) is 4.22. The highest BCUT2D eigenvalue weighted by molar-refractivity contribution is 5.53. The van der Waals surface area contributed by atoms with Gasteiger partial charge in [-0.05, 0) is 35.2 Å². The van der Waals surface area contributed by atoms with Crippen LogP contribution in [0.15, 0.2) is 84.9 Å². The minimum atomic E-state index is -0.273. The maximum atomic E-state index is 11.8. The van der Waals surface area contributed by atoms with Gasteiger partial charge in [0.2, 0.25) is 0 Å². The molecule has 0 radical (unpaired) electrons. The maximum Gasteiger partial charge on any atom is 0.125 e. The van der Waals surface area contributed by atoms with Crippen LogP contribution in [0.3, 0.4) is 0 Å². The molecule has 0 aliphatic carbocycles. The van der Waals surface area contributed by atoms with Crippen molar-refractivity contribution in [3.05, 3.63) is 102 Å². The number of benzene rings is 3. The predicted molar refractivity (Wildman–Crippen MR) is 142 cm³/mol. The summed E-state index contributed by atoms with van der Waals surface area (Å²) in [6.07, 6.45) is 1.26. The number of carbonyl (C=O) groups excluding carboxylic acids is 1. The molecule has 192 valence electrons. The number of ether oxygens (including phenoxy) is 4. The highest BCUT2D eigenvalue weighted by Crippen LogP contribution is 2.26. The number of hydrogen-bond acceptors (Lipinski definition) is 5. The molecule has 0 saturated heterocycles. The average Bonchev–Trinajstić information content (AvgIpc) is 2.93. The normalized spacial score (nSPS) is 14.5. The van der Waals surface area contributed by atoms with Crippen LogP contribution in [0.5, 0.6) is 5.75 Å². The Balaban J connectivity index is 1.63. The van der Waals surface area contributed by atoms with Crippen molar-refractivity contribution in [3.63, 3.8) is 0 Å². The molecule has 0 spiro atoms. The number of hydrogen-bond donors (Lipinski definition) is 0. The van der Waals surface area contributed by atoms with Crippen LogP contribution in [0, 0.1) is 11.8 Å². The van der Waals surface area contributed by atoms with Crippen molar-refractivity contribution in [1.82, 2.24) is 0 Å². The van der Waals surface area contributed by atoms with Crippen molar-refractivity contribution in [2.45, 2.75) is 52.3 Å². The Hall–Kier alpha value is -2.99. The molecule has 0 amide bonds. The Labute approximate surface area is 215 Å². The minimum Gasteiger partial charge on any atom is -0.497 e. The lowest BCUT2D eigenvalue weighted by Gasteiger charge is -2.33. The highest BCUT2D eigenvalue weighted by atomic mass is 16.5. The van der Waals surface area contributed by atoms with E-state index in [-0.39, 0.29) is 24.0 Å². The summed E-state index contributed by atoms with van der Waals surface area (Å²) in [6, 6.07) is 28.0. The summed E-state index contributed by atoms with van der Waals surface area (Å²) in [5.74, 6) is 0.557. The predicted octanol–water partition coefficient (Wildman–Crippen LogP) is 6.24. The van der Waals surface area contributed by atoms with Crippen LogP contribution in [-0.2, 0) is 38.8 Å². The summed E-state index contributed by atoms with van der Waals surface area (Å²) in [4.78, 5) is 11.8. The van der Waals surface area contributed by atoms with Crippen molar-refractivity contribution in [3.8, 4) is 5.75 Å². The van der Waals surface area contributed by atoms with Gasteiger partial charge in [-0.3, -0.25) is 0 Å². The van der Waals surface area contributed by atoms with E-state index in [9.17, 15) is 4.79 Å². The topological polar surface area (TPSA) is 54.0 Å². The Morgan fingerprint density at radius 2 is 1.28 bits per heavy atom. The second-order valence-electron chi connectivity index (χ2n) is 9.14. The van der Waals surface area contributed by atoms with Gasteiger partial charge >= 0.3 is 0 Å². The molecule has 0 heterocycles. The summed E-state index contributed by atoms with van der Waals surface area (Å²) >= 11 is 0. The Morgan fingerprint density at radius 1 is 0.722 bits per heavy atom. The zero-order chi connectivity index (χ0) is 25.6. The molecular formula is C31H38O5. The summed E-state index contributed by atoms with van der Waals surface area (Å²) in [5.41, 5.74) is 3.28. The zero-order valence-electron chi connectivity index (χ0n) is 21.5. The molecule has 0 aromatic heterocycles. The van der Waals surface area contributed by atoms with E-state index in [4.69, 9.17) is 18.9 Å². The fraction of sp³-hybridized carbons (Fsp3) is 0.387. The molecule has 36 heavy (non-hydrogen) atoms. The van der Waals surface area contributed by atoms with Gasteiger partial charge in [0.05, 0.1) is 39.1 Å². The molecule has 0 unspecified atom stereocenters. The lowest BCUT2D eigenvalue weighted by Crippen LogP contribution is -2.38. The van der Waals surface area contributed by atoms with E-state index < -0.39 is 0 Å². The third-order valence-electron chi connectivity index (χ3n) is 6.40. The fourth-order valence-corrected chi connectivity index (χ4v) is 4.22. The van der Waals surface area contributed by atoms with Gasteiger partial charge in [0.15, 0.2) is 0 Å². The maximum absolute atomic E-state index is 11.8. The number of carbonyl (C=O) groups is 1. The molecule has 5 heteroatoms. The summed E-state index contributed by atoms with van der Waals surface area (Å²) in [7, 11) is 1.66. The molecule has 3 rings (SSSR count). The van der Waals surface area contributed by atoms with E-state index in [1.54, 1.807) is 7.11 Å². The van der Waals surface area contributed by atoms with Gasteiger partial charge in [-0.2, -0.15) is 0 Å². The average molecular weight is 491 g/mol. The standard InChI is InChI=1S/C31H38O5/c1-24(20-32)31(36-23-27-12-8-5-9-13-27)25(2)30(35-22-26-10-6-4-7-11-26)18-19-34-21-28-14-16-29(33-3)17-15-28/h4-17,20,24-25,30-31H,18-19,21-23H2,1-3H3/t24-,25-,30-,31-/m0/s1. The monoisotopic (exact) mass is 490 g/mol. The summed E-state index contributed by atoms with van der Waals surface area (Å²) in [5, 5.41) is 0. The highest BCUT2D eigenvalue weighted by Gasteiger charge is 2.31. The number of aldehydes is 1. The summed E-state index contributed by atoms with van der Waals surface area (Å²) in [6.45, 7) is 6.02. The van der Waals surface area contributed by atoms with Crippen molar-refractivity contribution < 1.29 is 23.7 Å². The van der Waals surface area contributed by atoms with Gasteiger partial charge < -0.3 is 23.7 Å². The van der Waals surface area contributed by atoms with Crippen LogP contribution >= 0.6 is 0 Å². The minimum absolute atomic E-state index is 0.0118. The van der Waals surface area contributed by atoms with Crippen molar-refractivity contribution >= 4 is 6.29 Å². The van der Waals surface area contributed by atoms with Crippen molar-refractivity contribution in [1.29, 1.82) is 0 Å².